The molecule has 1 aliphatic rings. The molecule has 0 bridgehead atoms. The number of carbonyl (C=O) groups excluding carboxylic acids is 1. The van der Waals surface area contributed by atoms with E-state index < -0.39 is 15.8 Å². The zero-order chi connectivity index (χ0) is 23.1. The summed E-state index contributed by atoms with van der Waals surface area (Å²) in [6.45, 7) is 7.91. The van der Waals surface area contributed by atoms with Gasteiger partial charge in [-0.3, -0.25) is 9.52 Å². The van der Waals surface area contributed by atoms with Gasteiger partial charge in [-0.2, -0.15) is 0 Å². The van der Waals surface area contributed by atoms with Gasteiger partial charge in [0.25, 0.3) is 15.9 Å². The summed E-state index contributed by atoms with van der Waals surface area (Å²) in [6, 6.07) is 9.88. The van der Waals surface area contributed by atoms with E-state index in [1.165, 1.54) is 43.2 Å². The minimum Gasteiger partial charge on any atom is -0.352 e. The fourth-order valence-electron chi connectivity index (χ4n) is 4.01. The van der Waals surface area contributed by atoms with Crippen molar-refractivity contribution in [2.75, 3.05) is 30.9 Å². The molecule has 0 aliphatic carbocycles. The zero-order valence-corrected chi connectivity index (χ0v) is 19.6. The zero-order valence-electron chi connectivity index (χ0n) is 18.7. The van der Waals surface area contributed by atoms with Crippen molar-refractivity contribution in [2.24, 2.45) is 5.92 Å². The molecule has 0 saturated carbocycles. The van der Waals surface area contributed by atoms with E-state index in [-0.39, 0.29) is 16.5 Å². The predicted octanol–water partition coefficient (Wildman–Crippen LogP) is 4.18. The second-order valence-electron chi connectivity index (χ2n) is 8.57. The van der Waals surface area contributed by atoms with Crippen LogP contribution in [0.1, 0.15) is 48.5 Å². The number of nitrogens with one attached hydrogen (secondary N) is 2. The maximum Gasteiger partial charge on any atom is 0.262 e. The number of amides is 1. The summed E-state index contributed by atoms with van der Waals surface area (Å²) < 4.78 is 41.5. The number of hydrogen-bond acceptors (Lipinski definition) is 4. The number of para-hydroxylation sites is 1. The number of carbonyl (C=O) groups is 1. The molecule has 0 radical (unpaired) electrons. The molecular formula is C24H32FN3O3S. The van der Waals surface area contributed by atoms with Crippen molar-refractivity contribution in [3.63, 3.8) is 0 Å². The fourth-order valence-corrected chi connectivity index (χ4v) is 5.10. The summed E-state index contributed by atoms with van der Waals surface area (Å²) >= 11 is 0. The molecule has 2 N–H and O–H groups in total. The van der Waals surface area contributed by atoms with Crippen molar-refractivity contribution in [1.29, 1.82) is 0 Å². The van der Waals surface area contributed by atoms with Crippen molar-refractivity contribution in [3.8, 4) is 0 Å². The van der Waals surface area contributed by atoms with E-state index in [0.29, 0.717) is 17.7 Å². The second kappa shape index (κ2) is 10.9. The molecule has 3 rings (SSSR count). The average Bonchev–Trinajstić information content (AvgIpc) is 2.75. The van der Waals surface area contributed by atoms with Crippen LogP contribution in [0.3, 0.4) is 0 Å². The molecule has 2 aromatic rings. The first-order chi connectivity index (χ1) is 15.3. The van der Waals surface area contributed by atoms with Crippen LogP contribution in [0, 0.1) is 18.7 Å². The van der Waals surface area contributed by atoms with Gasteiger partial charge < -0.3 is 10.2 Å². The molecule has 8 heteroatoms. The van der Waals surface area contributed by atoms with Crippen molar-refractivity contribution in [3.05, 3.63) is 59.4 Å². The molecular weight excluding hydrogens is 429 g/mol. The number of benzene rings is 2. The van der Waals surface area contributed by atoms with Crippen LogP contribution < -0.4 is 10.0 Å². The number of aryl methyl sites for hydroxylation is 1. The minimum absolute atomic E-state index is 0.0873. The summed E-state index contributed by atoms with van der Waals surface area (Å²) in [5.41, 5.74) is 0.836. The smallest absolute Gasteiger partial charge is 0.262 e. The van der Waals surface area contributed by atoms with Crippen molar-refractivity contribution < 1.29 is 17.6 Å². The Labute approximate surface area is 190 Å². The Kier molecular flexibility index (Phi) is 8.26. The Balaban J connectivity index is 1.56. The third-order valence-electron chi connectivity index (χ3n) is 5.81. The first-order valence-electron chi connectivity index (χ1n) is 11.1. The van der Waals surface area contributed by atoms with Gasteiger partial charge >= 0.3 is 0 Å². The molecule has 0 aromatic heterocycles. The van der Waals surface area contributed by atoms with Crippen molar-refractivity contribution in [2.45, 2.75) is 44.4 Å². The van der Waals surface area contributed by atoms with Crippen LogP contribution >= 0.6 is 0 Å². The number of nitrogens with zero attached hydrogens (tertiary/aromatic N) is 1. The van der Waals surface area contributed by atoms with E-state index in [0.717, 1.165) is 38.4 Å². The average molecular weight is 462 g/mol. The molecule has 174 valence electrons. The van der Waals surface area contributed by atoms with Gasteiger partial charge in [-0.1, -0.05) is 25.1 Å². The number of halogens is 1. The fraction of sp³-hybridized carbons (Fsp3) is 0.458. The van der Waals surface area contributed by atoms with Crippen LogP contribution in [0.2, 0.25) is 0 Å². The summed E-state index contributed by atoms with van der Waals surface area (Å²) in [7, 11) is -4.03. The standard InChI is InChI=1S/C24H32FN3O3S/c1-18-8-7-15-28(17-18)14-6-5-13-26-24(29)21-16-20(12-11-19(21)2)32(30,31)27-23-10-4-3-9-22(23)25/h3-4,9-12,16,18,27H,5-8,13-15,17H2,1-2H3,(H,26,29). The highest BCUT2D eigenvalue weighted by atomic mass is 32.2. The van der Waals surface area contributed by atoms with Gasteiger partial charge in [-0.25, -0.2) is 12.8 Å². The van der Waals surface area contributed by atoms with Crippen molar-refractivity contribution >= 4 is 21.6 Å². The molecule has 1 heterocycles. The lowest BCUT2D eigenvalue weighted by atomic mass is 10.0. The first-order valence-corrected chi connectivity index (χ1v) is 12.6. The summed E-state index contributed by atoms with van der Waals surface area (Å²) in [5, 5.41) is 2.89. The number of anilines is 1. The van der Waals surface area contributed by atoms with E-state index in [9.17, 15) is 17.6 Å². The highest BCUT2D eigenvalue weighted by Gasteiger charge is 2.20. The lowest BCUT2D eigenvalue weighted by molar-refractivity contribution is 0.0951. The summed E-state index contributed by atoms with van der Waals surface area (Å²) in [4.78, 5) is 15.1. The summed E-state index contributed by atoms with van der Waals surface area (Å²) in [5.74, 6) is -0.222. The SMILES string of the molecule is Cc1ccc(S(=O)(=O)Nc2ccccc2F)cc1C(=O)NCCCCN1CCCC(C)C1. The molecule has 1 aliphatic heterocycles. The van der Waals surface area contributed by atoms with Gasteiger partial charge in [-0.15, -0.1) is 0 Å². The number of sulfonamides is 1. The number of piperidine rings is 1. The largest absolute Gasteiger partial charge is 0.352 e. The highest BCUT2D eigenvalue weighted by molar-refractivity contribution is 7.92. The Morgan fingerprint density at radius 1 is 1.19 bits per heavy atom. The van der Waals surface area contributed by atoms with E-state index in [2.05, 4.69) is 21.9 Å². The van der Waals surface area contributed by atoms with Gasteiger partial charge in [0.2, 0.25) is 0 Å². The van der Waals surface area contributed by atoms with Gasteiger partial charge in [0.15, 0.2) is 0 Å². The van der Waals surface area contributed by atoms with Crippen LogP contribution in [-0.2, 0) is 10.0 Å². The Morgan fingerprint density at radius 3 is 2.72 bits per heavy atom. The molecule has 1 atom stereocenters. The Hall–Kier alpha value is -2.45. The molecule has 1 fully saturated rings. The Bertz CT molecular complexity index is 1040. The number of rotatable bonds is 9. The molecule has 1 saturated heterocycles. The number of hydrogen-bond donors (Lipinski definition) is 2. The maximum atomic E-state index is 13.9. The van der Waals surface area contributed by atoms with Gasteiger partial charge in [0.1, 0.15) is 5.82 Å². The van der Waals surface area contributed by atoms with E-state index in [4.69, 9.17) is 0 Å². The minimum atomic E-state index is -4.03. The lowest BCUT2D eigenvalue weighted by Gasteiger charge is -2.30. The third-order valence-corrected chi connectivity index (χ3v) is 7.17. The van der Waals surface area contributed by atoms with Gasteiger partial charge in [0, 0.05) is 18.7 Å². The molecule has 0 spiro atoms. The first kappa shape index (κ1) is 24.2. The van der Waals surface area contributed by atoms with E-state index >= 15 is 0 Å². The Morgan fingerprint density at radius 2 is 1.97 bits per heavy atom. The van der Waals surface area contributed by atoms with Gasteiger partial charge in [0.05, 0.1) is 10.6 Å². The number of likely N-dealkylation sites (tertiary alicyclic amines) is 1. The molecule has 6 nitrogen and oxygen atoms in total. The lowest BCUT2D eigenvalue weighted by Crippen LogP contribution is -2.35. The second-order valence-corrected chi connectivity index (χ2v) is 10.3. The number of unbranched alkanes of at least 4 members (excludes halogenated alkanes) is 1. The molecule has 2 aromatic carbocycles. The summed E-state index contributed by atoms with van der Waals surface area (Å²) in [6.07, 6.45) is 4.42. The van der Waals surface area contributed by atoms with Crippen LogP contribution in [0.4, 0.5) is 10.1 Å². The maximum absolute atomic E-state index is 13.9. The molecule has 1 unspecified atom stereocenters. The van der Waals surface area contributed by atoms with Gasteiger partial charge in [-0.05, 0) is 81.4 Å². The van der Waals surface area contributed by atoms with Crippen LogP contribution in [0.15, 0.2) is 47.4 Å². The third kappa shape index (κ3) is 6.53. The molecule has 32 heavy (non-hydrogen) atoms. The predicted molar refractivity (Wildman–Crippen MR) is 125 cm³/mol. The van der Waals surface area contributed by atoms with Crippen LogP contribution in [0.25, 0.3) is 0 Å². The van der Waals surface area contributed by atoms with Crippen molar-refractivity contribution in [1.82, 2.24) is 10.2 Å². The highest BCUT2D eigenvalue weighted by Crippen LogP contribution is 2.21. The monoisotopic (exact) mass is 461 g/mol. The quantitative estimate of drug-likeness (QED) is 0.549. The normalized spacial score (nSPS) is 17.2. The van der Waals surface area contributed by atoms with E-state index in [1.807, 2.05) is 0 Å². The topological polar surface area (TPSA) is 78.5 Å². The molecule has 1 amide bonds. The van der Waals surface area contributed by atoms with E-state index in [1.54, 1.807) is 19.1 Å². The van der Waals surface area contributed by atoms with Crippen LogP contribution in [0.5, 0.6) is 0 Å². The van der Waals surface area contributed by atoms with Crippen LogP contribution in [-0.4, -0.2) is 45.4 Å².